The van der Waals surface area contributed by atoms with E-state index in [9.17, 15) is 4.79 Å². The summed E-state index contributed by atoms with van der Waals surface area (Å²) < 4.78 is 5.35. The van der Waals surface area contributed by atoms with Gasteiger partial charge < -0.3 is 9.42 Å². The van der Waals surface area contributed by atoms with Crippen LogP contribution in [-0.4, -0.2) is 27.5 Å². The Balaban J connectivity index is 1.40. The van der Waals surface area contributed by atoms with Gasteiger partial charge in [0.15, 0.2) is 0 Å². The van der Waals surface area contributed by atoms with Crippen molar-refractivity contribution in [2.24, 2.45) is 0 Å². The molecule has 0 saturated carbocycles. The molecule has 5 heteroatoms. The van der Waals surface area contributed by atoms with Crippen LogP contribution in [0.15, 0.2) is 59.1 Å². The molecule has 0 saturated heterocycles. The molecule has 3 heterocycles. The number of benzene rings is 2. The third-order valence-electron chi connectivity index (χ3n) is 5.64. The number of carbonyl (C=O) groups excluding carboxylic acids is 1. The minimum atomic E-state index is 0.0781. The van der Waals surface area contributed by atoms with Gasteiger partial charge in [0.25, 0.3) is 5.91 Å². The lowest BCUT2D eigenvalue weighted by atomic mass is 9.96. The van der Waals surface area contributed by atoms with Gasteiger partial charge in [-0.1, -0.05) is 41.6 Å². The number of nitrogens with zero attached hydrogens (tertiary/aromatic N) is 3. The molecule has 5 nitrogen and oxygen atoms in total. The van der Waals surface area contributed by atoms with Crippen molar-refractivity contribution in [3.63, 3.8) is 0 Å². The molecule has 2 aromatic carbocycles. The monoisotopic (exact) mass is 383 g/mol. The average molecular weight is 383 g/mol. The van der Waals surface area contributed by atoms with Crippen molar-refractivity contribution < 1.29 is 9.32 Å². The molecule has 1 amide bonds. The van der Waals surface area contributed by atoms with Crippen molar-refractivity contribution in [1.82, 2.24) is 15.0 Å². The summed E-state index contributed by atoms with van der Waals surface area (Å²) in [6.07, 6.45) is 0.727. The Morgan fingerprint density at radius 3 is 2.66 bits per heavy atom. The lowest BCUT2D eigenvalue weighted by Crippen LogP contribution is -2.26. The Labute approximate surface area is 169 Å². The van der Waals surface area contributed by atoms with E-state index in [1.807, 2.05) is 61.2 Å². The van der Waals surface area contributed by atoms with Gasteiger partial charge >= 0.3 is 0 Å². The number of rotatable bonds is 4. The molecule has 0 fully saturated rings. The molecule has 0 aliphatic carbocycles. The summed E-state index contributed by atoms with van der Waals surface area (Å²) in [7, 11) is 0. The van der Waals surface area contributed by atoms with Gasteiger partial charge in [-0.3, -0.25) is 9.78 Å². The fourth-order valence-corrected chi connectivity index (χ4v) is 4.17. The largest absolute Gasteiger partial charge is 0.361 e. The van der Waals surface area contributed by atoms with E-state index in [-0.39, 0.29) is 5.91 Å². The van der Waals surface area contributed by atoms with Gasteiger partial charge in [0.1, 0.15) is 5.76 Å². The summed E-state index contributed by atoms with van der Waals surface area (Å²) in [4.78, 5) is 19.6. The predicted molar refractivity (Wildman–Crippen MR) is 112 cm³/mol. The number of carbonyl (C=O) groups is 1. The maximum Gasteiger partial charge on any atom is 0.254 e. The predicted octanol–water partition coefficient (Wildman–Crippen LogP) is 4.71. The molecule has 144 valence electrons. The van der Waals surface area contributed by atoms with E-state index in [4.69, 9.17) is 9.51 Å². The van der Waals surface area contributed by atoms with Crippen molar-refractivity contribution in [2.45, 2.75) is 26.8 Å². The number of fused-ring (bicyclic) bond motifs is 2. The van der Waals surface area contributed by atoms with Gasteiger partial charge in [-0.05, 0) is 43.2 Å². The van der Waals surface area contributed by atoms with Crippen LogP contribution in [0.4, 0.5) is 0 Å². The van der Waals surface area contributed by atoms with Crippen LogP contribution < -0.4 is 0 Å². The second-order valence-electron chi connectivity index (χ2n) is 7.50. The standard InChI is InChI=1S/C24H21N3O2/c1-15-23(16(2)29-26-15)19-7-5-8-20-21(19)14-27(24(20)28)13-12-18-11-10-17-6-3-4-9-22(17)25-18/h3-11H,12-14H2,1-2H3. The normalized spacial score (nSPS) is 13.3. The van der Waals surface area contributed by atoms with Crippen molar-refractivity contribution >= 4 is 16.8 Å². The second kappa shape index (κ2) is 6.85. The number of amides is 1. The number of aromatic nitrogens is 2. The highest BCUT2D eigenvalue weighted by atomic mass is 16.5. The average Bonchev–Trinajstić information content (AvgIpc) is 3.25. The Hall–Kier alpha value is -3.47. The van der Waals surface area contributed by atoms with E-state index in [0.717, 1.165) is 56.7 Å². The molecule has 5 rings (SSSR count). The third kappa shape index (κ3) is 2.99. The van der Waals surface area contributed by atoms with Crippen molar-refractivity contribution in [1.29, 1.82) is 0 Å². The number of aryl methyl sites for hydroxylation is 2. The SMILES string of the molecule is Cc1noc(C)c1-c1cccc2c1CN(CCc1ccc3ccccc3n1)C2=O. The molecular weight excluding hydrogens is 362 g/mol. The first-order valence-corrected chi connectivity index (χ1v) is 9.81. The van der Waals surface area contributed by atoms with E-state index >= 15 is 0 Å². The molecule has 1 aliphatic heterocycles. The summed E-state index contributed by atoms with van der Waals surface area (Å²) in [6, 6.07) is 18.1. The van der Waals surface area contributed by atoms with Crippen LogP contribution in [0.1, 0.15) is 33.1 Å². The van der Waals surface area contributed by atoms with Crippen molar-refractivity contribution in [2.75, 3.05) is 6.54 Å². The molecule has 2 aromatic heterocycles. The van der Waals surface area contributed by atoms with Crippen LogP contribution in [0, 0.1) is 13.8 Å². The number of hydrogen-bond acceptors (Lipinski definition) is 4. The zero-order valence-corrected chi connectivity index (χ0v) is 16.5. The zero-order chi connectivity index (χ0) is 20.0. The van der Waals surface area contributed by atoms with Gasteiger partial charge in [-0.25, -0.2) is 0 Å². The molecule has 0 radical (unpaired) electrons. The quantitative estimate of drug-likeness (QED) is 0.512. The van der Waals surface area contributed by atoms with E-state index < -0.39 is 0 Å². The number of hydrogen-bond donors (Lipinski definition) is 0. The molecule has 0 unspecified atom stereocenters. The Morgan fingerprint density at radius 2 is 1.83 bits per heavy atom. The molecule has 29 heavy (non-hydrogen) atoms. The third-order valence-corrected chi connectivity index (χ3v) is 5.64. The first kappa shape index (κ1) is 17.6. The van der Waals surface area contributed by atoms with Gasteiger partial charge in [0.2, 0.25) is 0 Å². The van der Waals surface area contributed by atoms with Gasteiger partial charge in [0.05, 0.1) is 11.2 Å². The van der Waals surface area contributed by atoms with Crippen molar-refractivity contribution in [3.05, 3.63) is 82.9 Å². The number of para-hydroxylation sites is 1. The number of pyridine rings is 1. The van der Waals surface area contributed by atoms with E-state index in [0.29, 0.717) is 13.1 Å². The van der Waals surface area contributed by atoms with Gasteiger partial charge in [-0.2, -0.15) is 0 Å². The molecule has 0 atom stereocenters. The Morgan fingerprint density at radius 1 is 1.00 bits per heavy atom. The summed E-state index contributed by atoms with van der Waals surface area (Å²) >= 11 is 0. The van der Waals surface area contributed by atoms with Gasteiger partial charge in [0, 0.05) is 41.7 Å². The lowest BCUT2D eigenvalue weighted by molar-refractivity contribution is 0.0780. The molecule has 0 spiro atoms. The Kier molecular flexibility index (Phi) is 4.16. The first-order valence-electron chi connectivity index (χ1n) is 9.81. The summed E-state index contributed by atoms with van der Waals surface area (Å²) in [6.45, 7) is 5.09. The van der Waals surface area contributed by atoms with Crippen LogP contribution in [0.25, 0.3) is 22.0 Å². The summed E-state index contributed by atoms with van der Waals surface area (Å²) in [5, 5.41) is 5.20. The Bertz CT molecular complexity index is 1220. The first-order chi connectivity index (χ1) is 14.1. The highest BCUT2D eigenvalue weighted by molar-refractivity contribution is 6.00. The van der Waals surface area contributed by atoms with Crippen LogP contribution in [0.3, 0.4) is 0 Å². The van der Waals surface area contributed by atoms with Crippen LogP contribution in [0.2, 0.25) is 0 Å². The minimum Gasteiger partial charge on any atom is -0.361 e. The van der Waals surface area contributed by atoms with Crippen LogP contribution in [0.5, 0.6) is 0 Å². The second-order valence-corrected chi connectivity index (χ2v) is 7.50. The molecule has 0 N–H and O–H groups in total. The topological polar surface area (TPSA) is 59.2 Å². The summed E-state index contributed by atoms with van der Waals surface area (Å²) in [5.41, 5.74) is 6.70. The fourth-order valence-electron chi connectivity index (χ4n) is 4.17. The maximum absolute atomic E-state index is 13.0. The van der Waals surface area contributed by atoms with Crippen LogP contribution in [-0.2, 0) is 13.0 Å². The highest BCUT2D eigenvalue weighted by Crippen LogP contribution is 2.35. The zero-order valence-electron chi connectivity index (χ0n) is 16.5. The highest BCUT2D eigenvalue weighted by Gasteiger charge is 2.30. The summed E-state index contributed by atoms with van der Waals surface area (Å²) in [5.74, 6) is 0.858. The van der Waals surface area contributed by atoms with E-state index in [1.54, 1.807) is 0 Å². The van der Waals surface area contributed by atoms with E-state index in [2.05, 4.69) is 17.3 Å². The fraction of sp³-hybridized carbons (Fsp3) is 0.208. The molecule has 4 aromatic rings. The van der Waals surface area contributed by atoms with Crippen LogP contribution >= 0.6 is 0 Å². The van der Waals surface area contributed by atoms with Crippen molar-refractivity contribution in [3.8, 4) is 11.1 Å². The maximum atomic E-state index is 13.0. The minimum absolute atomic E-state index is 0.0781. The molecule has 0 bridgehead atoms. The smallest absolute Gasteiger partial charge is 0.254 e. The van der Waals surface area contributed by atoms with E-state index in [1.165, 1.54) is 0 Å². The molecular formula is C24H21N3O2. The lowest BCUT2D eigenvalue weighted by Gasteiger charge is -2.15. The molecule has 1 aliphatic rings. The van der Waals surface area contributed by atoms with Gasteiger partial charge in [-0.15, -0.1) is 0 Å².